The molecule has 1 aliphatic rings. The molecule has 1 aliphatic heterocycles. The number of hydrogen-bond acceptors (Lipinski definition) is 3. The van der Waals surface area contributed by atoms with Gasteiger partial charge in [0.15, 0.2) is 0 Å². The van der Waals surface area contributed by atoms with Crippen LogP contribution in [0.25, 0.3) is 0 Å². The van der Waals surface area contributed by atoms with Gasteiger partial charge in [-0.1, -0.05) is 18.5 Å². The molecule has 2 unspecified atom stereocenters. The van der Waals surface area contributed by atoms with Gasteiger partial charge < -0.3 is 10.5 Å². The van der Waals surface area contributed by atoms with Gasteiger partial charge in [-0.05, 0) is 31.0 Å². The molecule has 100 valence electrons. The molecule has 2 atom stereocenters. The lowest BCUT2D eigenvalue weighted by Gasteiger charge is -2.29. The summed E-state index contributed by atoms with van der Waals surface area (Å²) in [7, 11) is 1.70. The highest BCUT2D eigenvalue weighted by Gasteiger charge is 2.35. The number of hydrogen-bond donors (Lipinski definition) is 1. The normalized spacial score (nSPS) is 20.8. The van der Waals surface area contributed by atoms with Crippen LogP contribution in [0.4, 0.5) is 0 Å². The van der Waals surface area contributed by atoms with Crippen LogP contribution in [0.5, 0.6) is 5.75 Å². The highest BCUT2D eigenvalue weighted by Crippen LogP contribution is 2.43. The summed E-state index contributed by atoms with van der Waals surface area (Å²) in [5.41, 5.74) is 8.30. The summed E-state index contributed by atoms with van der Waals surface area (Å²) in [6.07, 6.45) is 1.10. The molecule has 0 amide bonds. The minimum absolute atomic E-state index is 0.206. The van der Waals surface area contributed by atoms with E-state index < -0.39 is 0 Å². The summed E-state index contributed by atoms with van der Waals surface area (Å²) >= 11 is 6.35. The molecule has 0 aliphatic carbocycles. The monoisotopic (exact) mass is 268 g/mol. The summed E-state index contributed by atoms with van der Waals surface area (Å²) in [6, 6.07) is 4.54. The van der Waals surface area contributed by atoms with Gasteiger partial charge in [0, 0.05) is 35.8 Å². The van der Waals surface area contributed by atoms with Crippen LogP contribution in [-0.2, 0) is 6.54 Å². The lowest BCUT2D eigenvalue weighted by atomic mass is 10.0. The fraction of sp³-hybridized carbons (Fsp3) is 0.571. The zero-order valence-corrected chi connectivity index (χ0v) is 12.0. The van der Waals surface area contributed by atoms with Crippen molar-refractivity contribution in [2.75, 3.05) is 13.7 Å². The first-order valence-corrected chi connectivity index (χ1v) is 6.82. The predicted octanol–water partition coefficient (Wildman–Crippen LogP) is 2.96. The molecule has 3 nitrogen and oxygen atoms in total. The Hall–Kier alpha value is -0.770. The maximum Gasteiger partial charge on any atom is 0.123 e. The number of nitrogens with two attached hydrogens (primary N) is 1. The fourth-order valence-electron chi connectivity index (χ4n) is 2.74. The van der Waals surface area contributed by atoms with Crippen molar-refractivity contribution in [2.24, 2.45) is 5.73 Å². The SMILES string of the molecule is CCC(C)N1Cc2c(OC)ccc(Cl)c2C1CN. The predicted molar refractivity (Wildman–Crippen MR) is 75.1 cm³/mol. The minimum Gasteiger partial charge on any atom is -0.496 e. The van der Waals surface area contributed by atoms with Gasteiger partial charge in [0.2, 0.25) is 0 Å². The van der Waals surface area contributed by atoms with Crippen LogP contribution < -0.4 is 10.5 Å². The number of benzene rings is 1. The first-order valence-electron chi connectivity index (χ1n) is 6.45. The van der Waals surface area contributed by atoms with E-state index in [0.717, 1.165) is 29.3 Å². The van der Waals surface area contributed by atoms with Crippen molar-refractivity contribution >= 4 is 11.6 Å². The van der Waals surface area contributed by atoms with Crippen molar-refractivity contribution in [3.8, 4) is 5.75 Å². The smallest absolute Gasteiger partial charge is 0.123 e. The quantitative estimate of drug-likeness (QED) is 0.912. The second-order valence-corrected chi connectivity index (χ2v) is 5.23. The van der Waals surface area contributed by atoms with E-state index in [4.69, 9.17) is 22.1 Å². The Labute approximate surface area is 114 Å². The molecule has 18 heavy (non-hydrogen) atoms. The van der Waals surface area contributed by atoms with E-state index in [0.29, 0.717) is 12.6 Å². The molecule has 0 bridgehead atoms. The highest BCUT2D eigenvalue weighted by molar-refractivity contribution is 6.31. The third-order valence-electron chi connectivity index (χ3n) is 3.94. The standard InChI is InChI=1S/C14H21ClN2O/c1-4-9(2)17-8-10-13(18-3)6-5-11(15)14(10)12(17)7-16/h5-6,9,12H,4,7-8,16H2,1-3H3. The third kappa shape index (κ3) is 2.11. The Morgan fingerprint density at radius 3 is 2.83 bits per heavy atom. The van der Waals surface area contributed by atoms with Gasteiger partial charge in [-0.3, -0.25) is 4.90 Å². The van der Waals surface area contributed by atoms with E-state index in [2.05, 4.69) is 18.7 Å². The molecular weight excluding hydrogens is 248 g/mol. The molecule has 0 fully saturated rings. The fourth-order valence-corrected chi connectivity index (χ4v) is 3.04. The highest BCUT2D eigenvalue weighted by atomic mass is 35.5. The second-order valence-electron chi connectivity index (χ2n) is 4.82. The molecule has 0 saturated carbocycles. The van der Waals surface area contributed by atoms with Crippen LogP contribution in [0.15, 0.2) is 12.1 Å². The Kier molecular flexibility index (Phi) is 4.15. The second kappa shape index (κ2) is 5.47. The number of halogens is 1. The average molecular weight is 269 g/mol. The van der Waals surface area contributed by atoms with Gasteiger partial charge in [-0.25, -0.2) is 0 Å². The van der Waals surface area contributed by atoms with Crippen LogP contribution >= 0.6 is 11.6 Å². The summed E-state index contributed by atoms with van der Waals surface area (Å²) in [4.78, 5) is 2.42. The van der Waals surface area contributed by atoms with E-state index in [1.165, 1.54) is 5.56 Å². The van der Waals surface area contributed by atoms with Crippen molar-refractivity contribution in [1.29, 1.82) is 0 Å². The summed E-state index contributed by atoms with van der Waals surface area (Å²) < 4.78 is 5.44. The van der Waals surface area contributed by atoms with Crippen LogP contribution in [-0.4, -0.2) is 24.6 Å². The molecule has 2 N–H and O–H groups in total. The van der Waals surface area contributed by atoms with Gasteiger partial charge in [0.05, 0.1) is 7.11 Å². The van der Waals surface area contributed by atoms with Crippen LogP contribution in [0, 0.1) is 0 Å². The molecule has 1 heterocycles. The molecule has 4 heteroatoms. The first-order chi connectivity index (χ1) is 8.63. The maximum atomic E-state index is 6.35. The topological polar surface area (TPSA) is 38.5 Å². The van der Waals surface area contributed by atoms with Crippen LogP contribution in [0.1, 0.15) is 37.4 Å². The first kappa shape index (κ1) is 13.7. The third-order valence-corrected chi connectivity index (χ3v) is 4.26. The van der Waals surface area contributed by atoms with Crippen molar-refractivity contribution < 1.29 is 4.74 Å². The molecular formula is C14H21ClN2O. The summed E-state index contributed by atoms with van der Waals surface area (Å²) in [5.74, 6) is 0.915. The summed E-state index contributed by atoms with van der Waals surface area (Å²) in [6.45, 7) is 5.88. The number of methoxy groups -OCH3 is 1. The number of fused-ring (bicyclic) bond motifs is 1. The van der Waals surface area contributed by atoms with Gasteiger partial charge >= 0.3 is 0 Å². The van der Waals surface area contributed by atoms with Gasteiger partial charge in [0.1, 0.15) is 5.75 Å². The Balaban J connectivity index is 2.46. The number of rotatable bonds is 4. The van der Waals surface area contributed by atoms with E-state index in [1.807, 2.05) is 12.1 Å². The van der Waals surface area contributed by atoms with E-state index in [1.54, 1.807) is 7.11 Å². The minimum atomic E-state index is 0.206. The Morgan fingerprint density at radius 2 is 2.28 bits per heavy atom. The van der Waals surface area contributed by atoms with Gasteiger partial charge in [-0.15, -0.1) is 0 Å². The van der Waals surface area contributed by atoms with Crippen molar-refractivity contribution in [2.45, 2.75) is 38.9 Å². The number of nitrogens with zero attached hydrogens (tertiary/aromatic N) is 1. The number of ether oxygens (including phenoxy) is 1. The van der Waals surface area contributed by atoms with E-state index in [9.17, 15) is 0 Å². The van der Waals surface area contributed by atoms with Gasteiger partial charge in [0.25, 0.3) is 0 Å². The molecule has 2 rings (SSSR count). The van der Waals surface area contributed by atoms with Crippen LogP contribution in [0.3, 0.4) is 0 Å². The van der Waals surface area contributed by atoms with Crippen LogP contribution in [0.2, 0.25) is 5.02 Å². The molecule has 1 aromatic carbocycles. The van der Waals surface area contributed by atoms with Crippen molar-refractivity contribution in [1.82, 2.24) is 4.90 Å². The molecule has 0 spiro atoms. The largest absolute Gasteiger partial charge is 0.496 e. The van der Waals surface area contributed by atoms with E-state index in [-0.39, 0.29) is 6.04 Å². The Morgan fingerprint density at radius 1 is 1.56 bits per heavy atom. The lowest BCUT2D eigenvalue weighted by molar-refractivity contribution is 0.156. The van der Waals surface area contributed by atoms with Crippen molar-refractivity contribution in [3.63, 3.8) is 0 Å². The Bertz CT molecular complexity index is 436. The molecule has 0 radical (unpaired) electrons. The zero-order valence-electron chi connectivity index (χ0n) is 11.2. The molecule has 0 aromatic heterocycles. The molecule has 0 saturated heterocycles. The van der Waals surface area contributed by atoms with Crippen molar-refractivity contribution in [3.05, 3.63) is 28.3 Å². The van der Waals surface area contributed by atoms with E-state index >= 15 is 0 Å². The zero-order chi connectivity index (χ0) is 13.3. The van der Waals surface area contributed by atoms with Gasteiger partial charge in [-0.2, -0.15) is 0 Å². The average Bonchev–Trinajstić information content (AvgIpc) is 2.78. The lowest BCUT2D eigenvalue weighted by Crippen LogP contribution is -2.34. The maximum absolute atomic E-state index is 6.35. The molecule has 1 aromatic rings. The summed E-state index contributed by atoms with van der Waals surface area (Å²) in [5, 5.41) is 0.798.